The molecule has 200 valence electrons. The highest BCUT2D eigenvalue weighted by molar-refractivity contribution is 7.92. The third-order valence-electron chi connectivity index (χ3n) is 6.01. The van der Waals surface area contributed by atoms with Gasteiger partial charge in [0.15, 0.2) is 5.03 Å². The van der Waals surface area contributed by atoms with Gasteiger partial charge in [0, 0.05) is 44.0 Å². The van der Waals surface area contributed by atoms with Crippen LogP contribution in [0.1, 0.15) is 19.4 Å². The summed E-state index contributed by atoms with van der Waals surface area (Å²) in [5, 5.41) is 9.65. The summed E-state index contributed by atoms with van der Waals surface area (Å²) in [6.07, 6.45) is 3.09. The highest BCUT2D eigenvalue weighted by atomic mass is 32.2. The Hall–Kier alpha value is -2.68. The molecule has 14 heteroatoms. The van der Waals surface area contributed by atoms with Gasteiger partial charge in [0.1, 0.15) is 11.9 Å². The number of ether oxygens (including phenoxy) is 1. The predicted molar refractivity (Wildman–Crippen MR) is 133 cm³/mol. The largest absolute Gasteiger partial charge is 0.488 e. The molecule has 1 aliphatic heterocycles. The van der Waals surface area contributed by atoms with Gasteiger partial charge in [-0.1, -0.05) is 6.92 Å². The van der Waals surface area contributed by atoms with Crippen LogP contribution < -0.4 is 9.46 Å². The second-order valence-electron chi connectivity index (χ2n) is 9.25. The number of imidazole rings is 1. The van der Waals surface area contributed by atoms with E-state index >= 15 is 0 Å². The molecule has 1 amide bonds. The van der Waals surface area contributed by atoms with E-state index in [1.165, 1.54) is 36.3 Å². The van der Waals surface area contributed by atoms with Crippen molar-refractivity contribution in [2.45, 2.75) is 37.4 Å². The standard InChI is InChI=1S/C22H33N5O7S2/c1-15-10-27(16(2)13-28)22(29)9-17-8-18(24-35(5,30)31)6-7-19(17)34-20(15)11-26(4)36(32,33)21-12-25(3)14-23-21/h6-8,12,14-16,20,24,28H,9-11,13H2,1-5H3/t15-,16-,20+/m0/s1. The van der Waals surface area contributed by atoms with Crippen LogP contribution in [0.15, 0.2) is 35.7 Å². The van der Waals surface area contributed by atoms with E-state index in [2.05, 4.69) is 9.71 Å². The van der Waals surface area contributed by atoms with E-state index in [0.29, 0.717) is 11.3 Å². The lowest BCUT2D eigenvalue weighted by Gasteiger charge is -2.33. The van der Waals surface area contributed by atoms with Crippen LogP contribution in [0, 0.1) is 5.92 Å². The van der Waals surface area contributed by atoms with Gasteiger partial charge in [-0.05, 0) is 25.1 Å². The van der Waals surface area contributed by atoms with Crippen molar-refractivity contribution in [2.75, 3.05) is 37.7 Å². The normalized spacial score (nSPS) is 20.2. The van der Waals surface area contributed by atoms with Crippen molar-refractivity contribution in [1.82, 2.24) is 18.8 Å². The smallest absolute Gasteiger partial charge is 0.261 e. The molecular formula is C22H33N5O7S2. The number of likely N-dealkylation sites (N-methyl/N-ethyl adjacent to an activating group) is 1. The molecule has 0 fully saturated rings. The van der Waals surface area contributed by atoms with Crippen LogP contribution >= 0.6 is 0 Å². The van der Waals surface area contributed by atoms with Crippen molar-refractivity contribution in [3.63, 3.8) is 0 Å². The summed E-state index contributed by atoms with van der Waals surface area (Å²) in [6, 6.07) is 4.13. The van der Waals surface area contributed by atoms with Crippen molar-refractivity contribution < 1.29 is 31.5 Å². The van der Waals surface area contributed by atoms with Crippen LogP contribution in [0.5, 0.6) is 5.75 Å². The number of aromatic nitrogens is 2. The number of amides is 1. The summed E-state index contributed by atoms with van der Waals surface area (Å²) in [7, 11) is -4.33. The number of nitrogens with zero attached hydrogens (tertiary/aromatic N) is 4. The highest BCUT2D eigenvalue weighted by Crippen LogP contribution is 2.30. The monoisotopic (exact) mass is 543 g/mol. The molecule has 2 heterocycles. The molecule has 2 aromatic rings. The average molecular weight is 544 g/mol. The molecule has 0 aliphatic carbocycles. The van der Waals surface area contributed by atoms with Gasteiger partial charge < -0.3 is 19.3 Å². The van der Waals surface area contributed by atoms with Crippen LogP contribution in [0.4, 0.5) is 5.69 Å². The van der Waals surface area contributed by atoms with Gasteiger partial charge in [-0.15, -0.1) is 0 Å². The Bertz CT molecular complexity index is 1310. The third kappa shape index (κ3) is 6.55. The topological polar surface area (TPSA) is 151 Å². The van der Waals surface area contributed by atoms with Gasteiger partial charge in [0.05, 0.1) is 38.2 Å². The quantitative estimate of drug-likeness (QED) is 0.481. The number of aryl methyl sites for hydroxylation is 1. The lowest BCUT2D eigenvalue weighted by Crippen LogP contribution is -2.48. The zero-order valence-corrected chi connectivity index (χ0v) is 22.6. The summed E-state index contributed by atoms with van der Waals surface area (Å²) >= 11 is 0. The van der Waals surface area contributed by atoms with Crippen LogP contribution in [0.25, 0.3) is 0 Å². The minimum absolute atomic E-state index is 0.0294. The molecule has 3 atom stereocenters. The molecular weight excluding hydrogens is 510 g/mol. The first-order chi connectivity index (χ1) is 16.7. The molecule has 0 saturated heterocycles. The number of hydrogen-bond donors (Lipinski definition) is 2. The lowest BCUT2D eigenvalue weighted by atomic mass is 10.0. The molecule has 0 saturated carbocycles. The number of aliphatic hydroxyl groups excluding tert-OH is 1. The summed E-state index contributed by atoms with van der Waals surface area (Å²) in [4.78, 5) is 18.7. The number of hydrogen-bond acceptors (Lipinski definition) is 8. The zero-order chi connectivity index (χ0) is 26.8. The number of benzene rings is 1. The molecule has 0 spiro atoms. The van der Waals surface area contributed by atoms with Gasteiger partial charge in [-0.2, -0.15) is 4.31 Å². The fourth-order valence-corrected chi connectivity index (χ4v) is 5.66. The van der Waals surface area contributed by atoms with E-state index in [4.69, 9.17) is 4.74 Å². The molecule has 0 unspecified atom stereocenters. The first-order valence-electron chi connectivity index (χ1n) is 11.3. The SMILES string of the molecule is C[C@H]1CN([C@@H](C)CO)C(=O)Cc2cc(NS(C)(=O)=O)ccc2O[C@@H]1CN(C)S(=O)(=O)c1cn(C)cn1. The van der Waals surface area contributed by atoms with Crippen molar-refractivity contribution in [2.24, 2.45) is 13.0 Å². The fraction of sp³-hybridized carbons (Fsp3) is 0.545. The predicted octanol–water partition coefficient (Wildman–Crippen LogP) is 0.261. The Kier molecular flexibility index (Phi) is 8.33. The highest BCUT2D eigenvalue weighted by Gasteiger charge is 2.34. The Morgan fingerprint density at radius 3 is 2.58 bits per heavy atom. The van der Waals surface area contributed by atoms with E-state index < -0.39 is 32.2 Å². The first kappa shape index (κ1) is 27.9. The molecule has 2 N–H and O–H groups in total. The fourth-order valence-electron chi connectivity index (χ4n) is 3.96. The summed E-state index contributed by atoms with van der Waals surface area (Å²) in [5.41, 5.74) is 0.714. The van der Waals surface area contributed by atoms with Crippen molar-refractivity contribution in [3.05, 3.63) is 36.3 Å². The lowest BCUT2D eigenvalue weighted by molar-refractivity contribution is -0.134. The number of carbonyl (C=O) groups excluding carboxylic acids is 1. The average Bonchev–Trinajstić information content (AvgIpc) is 3.24. The van der Waals surface area contributed by atoms with Gasteiger partial charge in [-0.25, -0.2) is 21.8 Å². The van der Waals surface area contributed by atoms with E-state index in [0.717, 1.165) is 10.6 Å². The second-order valence-corrected chi connectivity index (χ2v) is 13.0. The van der Waals surface area contributed by atoms with E-state index in [9.17, 15) is 26.7 Å². The third-order valence-corrected chi connectivity index (χ3v) is 8.33. The maximum Gasteiger partial charge on any atom is 0.261 e. The zero-order valence-electron chi connectivity index (χ0n) is 20.9. The van der Waals surface area contributed by atoms with Crippen molar-refractivity contribution >= 4 is 31.6 Å². The Labute approximate surface area is 212 Å². The molecule has 0 radical (unpaired) electrons. The molecule has 12 nitrogen and oxygen atoms in total. The summed E-state index contributed by atoms with van der Waals surface area (Å²) in [5.74, 6) is -0.231. The van der Waals surface area contributed by atoms with Crippen LogP contribution in [0.3, 0.4) is 0 Å². The van der Waals surface area contributed by atoms with Gasteiger partial charge in [0.25, 0.3) is 10.0 Å². The first-order valence-corrected chi connectivity index (χ1v) is 14.7. The van der Waals surface area contributed by atoms with Crippen molar-refractivity contribution in [1.29, 1.82) is 0 Å². The molecule has 0 bridgehead atoms. The van der Waals surface area contributed by atoms with Gasteiger partial charge >= 0.3 is 0 Å². The van der Waals surface area contributed by atoms with E-state index in [1.54, 1.807) is 24.9 Å². The van der Waals surface area contributed by atoms with E-state index in [1.807, 2.05) is 6.92 Å². The number of nitrogens with one attached hydrogen (secondary N) is 1. The number of fused-ring (bicyclic) bond motifs is 1. The Morgan fingerprint density at radius 1 is 1.31 bits per heavy atom. The van der Waals surface area contributed by atoms with Gasteiger partial charge in [0.2, 0.25) is 15.9 Å². The van der Waals surface area contributed by atoms with Crippen LogP contribution in [-0.2, 0) is 38.3 Å². The number of anilines is 1. The molecule has 1 aromatic carbocycles. The number of sulfonamides is 2. The van der Waals surface area contributed by atoms with Gasteiger partial charge in [-0.3, -0.25) is 9.52 Å². The Balaban J connectivity index is 1.99. The van der Waals surface area contributed by atoms with E-state index in [-0.39, 0.29) is 48.7 Å². The van der Waals surface area contributed by atoms with Crippen molar-refractivity contribution in [3.8, 4) is 5.75 Å². The number of rotatable bonds is 8. The summed E-state index contributed by atoms with van der Waals surface area (Å²) < 4.78 is 60.9. The molecule has 3 rings (SSSR count). The Morgan fingerprint density at radius 2 is 2.00 bits per heavy atom. The number of carbonyl (C=O) groups is 1. The minimum Gasteiger partial charge on any atom is -0.488 e. The molecule has 1 aromatic heterocycles. The number of aliphatic hydroxyl groups is 1. The van der Waals surface area contributed by atoms with Crippen LogP contribution in [-0.4, -0.2) is 91.8 Å². The molecule has 1 aliphatic rings. The summed E-state index contributed by atoms with van der Waals surface area (Å²) in [6.45, 7) is 3.52. The molecule has 36 heavy (non-hydrogen) atoms. The van der Waals surface area contributed by atoms with Crippen LogP contribution in [0.2, 0.25) is 0 Å². The minimum atomic E-state index is -3.90. The second kappa shape index (κ2) is 10.7. The maximum atomic E-state index is 13.2. The maximum absolute atomic E-state index is 13.2.